The van der Waals surface area contributed by atoms with Crippen LogP contribution in [0, 0.1) is 29.5 Å². The lowest BCUT2D eigenvalue weighted by Crippen LogP contribution is -2.39. The average Bonchev–Trinajstić information content (AvgIpc) is 2.55. The number of carbonyl (C=O) groups excluding carboxylic acids is 2. The van der Waals surface area contributed by atoms with E-state index < -0.39 is 23.1 Å². The molecule has 0 N–H and O–H groups in total. The zero-order valence-corrected chi connectivity index (χ0v) is 13.4. The normalized spacial score (nSPS) is 24.1. The number of aryl methyl sites for hydroxylation is 1. The summed E-state index contributed by atoms with van der Waals surface area (Å²) in [5.41, 5.74) is 0.00463. The number of Topliss-reactive ketones (excluding diaryl/α,β-unsaturated/α-hetero) is 1. The third kappa shape index (κ3) is 3.42. The highest BCUT2D eigenvalue weighted by atomic mass is 19.1. The zero-order valence-electron chi connectivity index (χ0n) is 13.4. The number of ketones is 1. The van der Waals surface area contributed by atoms with Gasteiger partial charge in [0, 0.05) is 12.3 Å². The first-order chi connectivity index (χ1) is 10.9. The molecule has 4 nitrogen and oxygen atoms in total. The second kappa shape index (κ2) is 6.91. The fourth-order valence-corrected chi connectivity index (χ4v) is 3.01. The fraction of sp³-hybridized carbons (Fsp3) is 0.500. The molecule has 0 aliphatic heterocycles. The maximum absolute atomic E-state index is 13.6. The van der Waals surface area contributed by atoms with Crippen LogP contribution >= 0.6 is 0 Å². The van der Waals surface area contributed by atoms with Crippen molar-refractivity contribution in [1.82, 2.24) is 0 Å². The van der Waals surface area contributed by atoms with Crippen molar-refractivity contribution in [3.05, 3.63) is 35.1 Å². The first kappa shape index (κ1) is 17.1. The van der Waals surface area contributed by atoms with E-state index >= 15 is 0 Å². The van der Waals surface area contributed by atoms with E-state index in [9.17, 15) is 19.2 Å². The van der Waals surface area contributed by atoms with Gasteiger partial charge in [0.2, 0.25) is 0 Å². The highest BCUT2D eigenvalue weighted by Gasteiger charge is 2.48. The van der Waals surface area contributed by atoms with Crippen LogP contribution in [0.1, 0.15) is 49.7 Å². The minimum atomic E-state index is -1.33. The van der Waals surface area contributed by atoms with Crippen LogP contribution in [-0.4, -0.2) is 18.4 Å². The van der Waals surface area contributed by atoms with E-state index in [1.165, 1.54) is 12.1 Å². The number of nitrogens with zero attached hydrogens (tertiary/aromatic N) is 1. The van der Waals surface area contributed by atoms with Crippen molar-refractivity contribution < 1.29 is 18.7 Å². The molecule has 2 rings (SSSR count). The quantitative estimate of drug-likeness (QED) is 0.798. The summed E-state index contributed by atoms with van der Waals surface area (Å²) in [6.45, 7) is 3.91. The van der Waals surface area contributed by atoms with Crippen LogP contribution in [0.4, 0.5) is 4.39 Å². The van der Waals surface area contributed by atoms with E-state index in [-0.39, 0.29) is 31.7 Å². The van der Waals surface area contributed by atoms with Gasteiger partial charge in [-0.05, 0) is 49.4 Å². The molecular formula is C18H20FNO3. The van der Waals surface area contributed by atoms with Gasteiger partial charge in [0.1, 0.15) is 11.6 Å². The molecule has 1 fully saturated rings. The van der Waals surface area contributed by atoms with Gasteiger partial charge in [0.05, 0.1) is 12.7 Å². The maximum atomic E-state index is 13.6. The summed E-state index contributed by atoms with van der Waals surface area (Å²) in [5, 5.41) is 9.55. The number of esters is 1. The molecule has 2 atom stereocenters. The number of ether oxygens (including phenoxy) is 1. The Bertz CT molecular complexity index is 665. The van der Waals surface area contributed by atoms with Crippen LogP contribution in [0.15, 0.2) is 18.2 Å². The van der Waals surface area contributed by atoms with Crippen molar-refractivity contribution in [2.45, 2.75) is 45.4 Å². The Morgan fingerprint density at radius 1 is 1.52 bits per heavy atom. The molecule has 0 saturated heterocycles. The molecule has 122 valence electrons. The van der Waals surface area contributed by atoms with Gasteiger partial charge in [0.15, 0.2) is 5.41 Å². The van der Waals surface area contributed by atoms with Crippen molar-refractivity contribution in [2.75, 3.05) is 6.61 Å². The SMILES string of the molecule is CCCOC(=O)C1(C#N)CCC(=O)C(c2cc(F)ccc2C)C1. The van der Waals surface area contributed by atoms with Crippen molar-refractivity contribution in [3.8, 4) is 6.07 Å². The molecule has 0 bridgehead atoms. The second-order valence-corrected chi connectivity index (χ2v) is 6.05. The van der Waals surface area contributed by atoms with Gasteiger partial charge in [-0.1, -0.05) is 13.0 Å². The van der Waals surface area contributed by atoms with Crippen LogP contribution < -0.4 is 0 Å². The molecule has 0 radical (unpaired) electrons. The molecule has 23 heavy (non-hydrogen) atoms. The van der Waals surface area contributed by atoms with Gasteiger partial charge in [-0.15, -0.1) is 0 Å². The predicted molar refractivity (Wildman–Crippen MR) is 82.0 cm³/mol. The summed E-state index contributed by atoms with van der Waals surface area (Å²) in [7, 11) is 0. The van der Waals surface area contributed by atoms with Gasteiger partial charge < -0.3 is 4.74 Å². The smallest absolute Gasteiger partial charge is 0.326 e. The molecule has 1 saturated carbocycles. The Kier molecular flexibility index (Phi) is 5.15. The Labute approximate surface area is 135 Å². The molecule has 1 aliphatic rings. The number of nitriles is 1. The van der Waals surface area contributed by atoms with Crippen molar-refractivity contribution in [1.29, 1.82) is 5.26 Å². The molecule has 1 aromatic rings. The molecule has 0 heterocycles. The summed E-state index contributed by atoms with van der Waals surface area (Å²) in [6, 6.07) is 6.32. The number of rotatable bonds is 4. The average molecular weight is 317 g/mol. The number of hydrogen-bond donors (Lipinski definition) is 0. The summed E-state index contributed by atoms with van der Waals surface area (Å²) >= 11 is 0. The molecule has 0 aromatic heterocycles. The minimum Gasteiger partial charge on any atom is -0.465 e. The predicted octanol–water partition coefficient (Wildman–Crippen LogP) is 3.43. The Hall–Kier alpha value is -2.22. The highest BCUT2D eigenvalue weighted by Crippen LogP contribution is 2.43. The van der Waals surface area contributed by atoms with E-state index in [4.69, 9.17) is 4.74 Å². The molecular weight excluding hydrogens is 297 g/mol. The lowest BCUT2D eigenvalue weighted by atomic mass is 9.67. The van der Waals surface area contributed by atoms with Crippen LogP contribution in [-0.2, 0) is 14.3 Å². The lowest BCUT2D eigenvalue weighted by Gasteiger charge is -2.33. The zero-order chi connectivity index (χ0) is 17.0. The van der Waals surface area contributed by atoms with Gasteiger partial charge in [-0.2, -0.15) is 5.26 Å². The molecule has 0 spiro atoms. The second-order valence-electron chi connectivity index (χ2n) is 6.05. The van der Waals surface area contributed by atoms with Crippen LogP contribution in [0.25, 0.3) is 0 Å². The highest BCUT2D eigenvalue weighted by molar-refractivity contribution is 5.91. The van der Waals surface area contributed by atoms with E-state index in [2.05, 4.69) is 6.07 Å². The van der Waals surface area contributed by atoms with Crippen LogP contribution in [0.3, 0.4) is 0 Å². The molecule has 2 unspecified atom stereocenters. The standard InChI is InChI=1S/C18H20FNO3/c1-3-8-23-17(22)18(11-20)7-6-16(21)15(10-18)14-9-13(19)5-4-12(14)2/h4-5,9,15H,3,6-8,10H2,1-2H3. The molecule has 0 amide bonds. The first-order valence-corrected chi connectivity index (χ1v) is 7.81. The van der Waals surface area contributed by atoms with Gasteiger partial charge >= 0.3 is 5.97 Å². The van der Waals surface area contributed by atoms with Crippen molar-refractivity contribution in [3.63, 3.8) is 0 Å². The third-order valence-electron chi connectivity index (χ3n) is 4.40. The van der Waals surface area contributed by atoms with E-state index in [1.54, 1.807) is 13.0 Å². The van der Waals surface area contributed by atoms with Gasteiger partial charge in [-0.3, -0.25) is 9.59 Å². The summed E-state index contributed by atoms with van der Waals surface area (Å²) in [4.78, 5) is 24.6. The minimum absolute atomic E-state index is 0.0508. The van der Waals surface area contributed by atoms with Gasteiger partial charge in [0.25, 0.3) is 0 Å². The van der Waals surface area contributed by atoms with E-state index in [0.29, 0.717) is 12.0 Å². The Morgan fingerprint density at radius 2 is 2.26 bits per heavy atom. The van der Waals surface area contributed by atoms with Gasteiger partial charge in [-0.25, -0.2) is 4.39 Å². The largest absolute Gasteiger partial charge is 0.465 e. The van der Waals surface area contributed by atoms with Crippen LogP contribution in [0.2, 0.25) is 0 Å². The molecule has 1 aliphatic carbocycles. The van der Waals surface area contributed by atoms with E-state index in [0.717, 1.165) is 5.56 Å². The number of carbonyl (C=O) groups is 2. The monoisotopic (exact) mass is 317 g/mol. The lowest BCUT2D eigenvalue weighted by molar-refractivity contribution is -0.155. The summed E-state index contributed by atoms with van der Waals surface area (Å²) in [5.74, 6) is -1.71. The van der Waals surface area contributed by atoms with Crippen LogP contribution in [0.5, 0.6) is 0 Å². The molecule has 5 heteroatoms. The third-order valence-corrected chi connectivity index (χ3v) is 4.40. The van der Waals surface area contributed by atoms with Crippen molar-refractivity contribution >= 4 is 11.8 Å². The summed E-state index contributed by atoms with van der Waals surface area (Å²) in [6.07, 6.45) is 0.999. The Morgan fingerprint density at radius 3 is 2.91 bits per heavy atom. The fourth-order valence-electron chi connectivity index (χ4n) is 3.01. The number of benzene rings is 1. The van der Waals surface area contributed by atoms with Crippen molar-refractivity contribution in [2.24, 2.45) is 5.41 Å². The number of hydrogen-bond acceptors (Lipinski definition) is 4. The Balaban J connectivity index is 2.34. The van der Waals surface area contributed by atoms with E-state index in [1.807, 2.05) is 6.92 Å². The number of halogens is 1. The topological polar surface area (TPSA) is 67.2 Å². The maximum Gasteiger partial charge on any atom is 0.326 e. The first-order valence-electron chi connectivity index (χ1n) is 7.81. The summed E-state index contributed by atoms with van der Waals surface area (Å²) < 4.78 is 18.7. The molecule has 1 aromatic carbocycles.